The number of aromatic nitrogens is 2. The molecule has 0 atom stereocenters. The normalized spacial score (nSPS) is 10.6. The summed E-state index contributed by atoms with van der Waals surface area (Å²) in [7, 11) is 1.50. The van der Waals surface area contributed by atoms with Gasteiger partial charge in [0.2, 0.25) is 0 Å². The van der Waals surface area contributed by atoms with E-state index in [4.69, 9.17) is 0 Å². The van der Waals surface area contributed by atoms with Gasteiger partial charge in [0, 0.05) is 5.69 Å². The van der Waals surface area contributed by atoms with Crippen molar-refractivity contribution in [2.45, 2.75) is 6.92 Å². The van der Waals surface area contributed by atoms with Crippen molar-refractivity contribution >= 4 is 6.21 Å². The van der Waals surface area contributed by atoms with E-state index < -0.39 is 0 Å². The molecule has 0 aromatic carbocycles. The van der Waals surface area contributed by atoms with Crippen LogP contribution in [0, 0.1) is 6.92 Å². The smallest absolute Gasteiger partial charge is 0.106 e. The van der Waals surface area contributed by atoms with Gasteiger partial charge in [-0.25, -0.2) is 4.98 Å². The quantitative estimate of drug-likeness (QED) is 0.484. The average molecular weight is 139 g/mol. The van der Waals surface area contributed by atoms with Crippen molar-refractivity contribution in [3.8, 4) is 0 Å². The first kappa shape index (κ1) is 6.80. The minimum absolute atomic E-state index is 0.807. The van der Waals surface area contributed by atoms with Crippen LogP contribution >= 0.6 is 0 Å². The van der Waals surface area contributed by atoms with Crippen molar-refractivity contribution in [1.82, 2.24) is 9.97 Å². The number of rotatable bonds is 2. The van der Waals surface area contributed by atoms with Crippen LogP contribution in [-0.4, -0.2) is 23.3 Å². The van der Waals surface area contributed by atoms with Gasteiger partial charge in [0.1, 0.15) is 12.8 Å². The van der Waals surface area contributed by atoms with Gasteiger partial charge in [-0.2, -0.15) is 0 Å². The van der Waals surface area contributed by atoms with Gasteiger partial charge in [-0.15, -0.1) is 0 Å². The molecule has 0 saturated heterocycles. The number of aromatic amines is 1. The van der Waals surface area contributed by atoms with Crippen LogP contribution < -0.4 is 0 Å². The summed E-state index contributed by atoms with van der Waals surface area (Å²) in [5.41, 5.74) is 1.79. The van der Waals surface area contributed by atoms with E-state index in [1.807, 2.05) is 6.92 Å². The molecule has 0 saturated carbocycles. The summed E-state index contributed by atoms with van der Waals surface area (Å²) in [4.78, 5) is 11.4. The van der Waals surface area contributed by atoms with Crippen LogP contribution in [0.3, 0.4) is 0 Å². The minimum atomic E-state index is 0.807. The Kier molecular flexibility index (Phi) is 2.04. The standard InChI is InChI=1S/C6H9N3O/c1-5-6(3-9-10-2)8-4-7-5/h3-4H,1-2H3,(H,7,8)/b9-3-. The van der Waals surface area contributed by atoms with Crippen molar-refractivity contribution in [2.24, 2.45) is 5.16 Å². The third kappa shape index (κ3) is 1.34. The van der Waals surface area contributed by atoms with Gasteiger partial charge >= 0.3 is 0 Å². The molecule has 1 heterocycles. The molecule has 54 valence electrons. The zero-order valence-corrected chi connectivity index (χ0v) is 5.96. The van der Waals surface area contributed by atoms with Crippen LogP contribution in [-0.2, 0) is 4.84 Å². The Balaban J connectivity index is 2.74. The van der Waals surface area contributed by atoms with Gasteiger partial charge in [0.15, 0.2) is 0 Å². The van der Waals surface area contributed by atoms with Gasteiger partial charge in [-0.05, 0) is 6.92 Å². The first-order valence-corrected chi connectivity index (χ1v) is 2.91. The van der Waals surface area contributed by atoms with E-state index >= 15 is 0 Å². The Morgan fingerprint density at radius 3 is 3.10 bits per heavy atom. The molecule has 0 amide bonds. The molecule has 1 N–H and O–H groups in total. The van der Waals surface area contributed by atoms with Gasteiger partial charge in [-0.3, -0.25) is 0 Å². The van der Waals surface area contributed by atoms with Crippen LogP contribution in [0.2, 0.25) is 0 Å². The molecule has 4 nitrogen and oxygen atoms in total. The molecule has 0 unspecified atom stereocenters. The summed E-state index contributed by atoms with van der Waals surface area (Å²) in [6.45, 7) is 1.92. The van der Waals surface area contributed by atoms with Gasteiger partial charge in [-0.1, -0.05) is 5.16 Å². The molecule has 0 aliphatic carbocycles. The highest BCUT2D eigenvalue weighted by Crippen LogP contribution is 1.95. The molecule has 1 aromatic rings. The number of hydrogen-bond acceptors (Lipinski definition) is 3. The largest absolute Gasteiger partial charge is 0.399 e. The predicted octanol–water partition coefficient (Wildman–Crippen LogP) is 0.698. The summed E-state index contributed by atoms with van der Waals surface area (Å²) in [5.74, 6) is 0. The molecule has 0 bridgehead atoms. The summed E-state index contributed by atoms with van der Waals surface area (Å²) in [6, 6.07) is 0. The van der Waals surface area contributed by atoms with E-state index in [-0.39, 0.29) is 0 Å². The predicted molar refractivity (Wildman–Crippen MR) is 37.9 cm³/mol. The van der Waals surface area contributed by atoms with Crippen LogP contribution in [0.4, 0.5) is 0 Å². The maximum atomic E-state index is 4.49. The lowest BCUT2D eigenvalue weighted by Gasteiger charge is -1.85. The molecule has 4 heteroatoms. The summed E-state index contributed by atoms with van der Waals surface area (Å²) < 4.78 is 0. The van der Waals surface area contributed by atoms with Crippen LogP contribution in [0.5, 0.6) is 0 Å². The fourth-order valence-corrected chi connectivity index (χ4v) is 0.602. The zero-order valence-electron chi connectivity index (χ0n) is 5.96. The summed E-state index contributed by atoms with van der Waals surface area (Å²) >= 11 is 0. The Bertz CT molecular complexity index is 229. The van der Waals surface area contributed by atoms with Crippen LogP contribution in [0.25, 0.3) is 0 Å². The third-order valence-corrected chi connectivity index (χ3v) is 1.15. The van der Waals surface area contributed by atoms with E-state index in [1.54, 1.807) is 12.5 Å². The molecule has 1 rings (SSSR count). The SMILES string of the molecule is CO/N=C\c1nc[nH]c1C. The Hall–Kier alpha value is -1.32. The second kappa shape index (κ2) is 3.00. The van der Waals surface area contributed by atoms with Crippen molar-refractivity contribution in [3.05, 3.63) is 17.7 Å². The molecule has 10 heavy (non-hydrogen) atoms. The molecule has 1 aromatic heterocycles. The summed E-state index contributed by atoms with van der Waals surface area (Å²) in [6.07, 6.45) is 3.18. The maximum absolute atomic E-state index is 4.49. The lowest BCUT2D eigenvalue weighted by Crippen LogP contribution is -1.84. The average Bonchev–Trinajstić information content (AvgIpc) is 2.31. The van der Waals surface area contributed by atoms with E-state index in [2.05, 4.69) is 20.0 Å². The van der Waals surface area contributed by atoms with Gasteiger partial charge < -0.3 is 9.82 Å². The first-order chi connectivity index (χ1) is 4.84. The molecular weight excluding hydrogens is 130 g/mol. The first-order valence-electron chi connectivity index (χ1n) is 2.91. The Morgan fingerprint density at radius 1 is 1.80 bits per heavy atom. The molecule has 0 fully saturated rings. The highest BCUT2D eigenvalue weighted by Gasteiger charge is 1.94. The molecule has 0 aliphatic rings. The van der Waals surface area contributed by atoms with E-state index in [9.17, 15) is 0 Å². The maximum Gasteiger partial charge on any atom is 0.106 e. The molecule has 0 spiro atoms. The van der Waals surface area contributed by atoms with Crippen molar-refractivity contribution in [2.75, 3.05) is 7.11 Å². The number of imidazole rings is 1. The molecular formula is C6H9N3O. The van der Waals surface area contributed by atoms with Crippen LogP contribution in [0.1, 0.15) is 11.4 Å². The second-order valence-corrected chi connectivity index (χ2v) is 1.83. The number of H-pyrrole nitrogens is 1. The fourth-order valence-electron chi connectivity index (χ4n) is 0.602. The highest BCUT2D eigenvalue weighted by molar-refractivity contribution is 5.77. The Labute approximate surface area is 58.9 Å². The van der Waals surface area contributed by atoms with Gasteiger partial charge in [0.25, 0.3) is 0 Å². The third-order valence-electron chi connectivity index (χ3n) is 1.15. The lowest BCUT2D eigenvalue weighted by atomic mass is 10.4. The number of hydrogen-bond donors (Lipinski definition) is 1. The van der Waals surface area contributed by atoms with E-state index in [0.29, 0.717) is 0 Å². The number of aryl methyl sites for hydroxylation is 1. The molecule has 0 radical (unpaired) electrons. The van der Waals surface area contributed by atoms with E-state index in [0.717, 1.165) is 11.4 Å². The summed E-state index contributed by atoms with van der Waals surface area (Å²) in [5, 5.41) is 3.57. The lowest BCUT2D eigenvalue weighted by molar-refractivity contribution is 0.215. The topological polar surface area (TPSA) is 50.3 Å². The number of oxime groups is 1. The van der Waals surface area contributed by atoms with E-state index in [1.165, 1.54) is 7.11 Å². The number of nitrogens with zero attached hydrogens (tertiary/aromatic N) is 2. The Morgan fingerprint density at radius 2 is 2.60 bits per heavy atom. The highest BCUT2D eigenvalue weighted by atomic mass is 16.6. The van der Waals surface area contributed by atoms with Crippen LogP contribution in [0.15, 0.2) is 11.5 Å². The van der Waals surface area contributed by atoms with Gasteiger partial charge in [0.05, 0.1) is 12.5 Å². The van der Waals surface area contributed by atoms with Crippen molar-refractivity contribution < 1.29 is 4.84 Å². The zero-order chi connectivity index (χ0) is 7.40. The van der Waals surface area contributed by atoms with Crippen molar-refractivity contribution in [3.63, 3.8) is 0 Å². The second-order valence-electron chi connectivity index (χ2n) is 1.83. The fraction of sp³-hybridized carbons (Fsp3) is 0.333. The monoisotopic (exact) mass is 139 g/mol. The number of nitrogens with one attached hydrogen (secondary N) is 1. The molecule has 0 aliphatic heterocycles. The minimum Gasteiger partial charge on any atom is -0.399 e. The van der Waals surface area contributed by atoms with Crippen molar-refractivity contribution in [1.29, 1.82) is 0 Å².